The summed E-state index contributed by atoms with van der Waals surface area (Å²) < 4.78 is 10.7. The normalized spacial score (nSPS) is 11.5. The minimum atomic E-state index is -0.275. The van der Waals surface area contributed by atoms with Crippen molar-refractivity contribution in [1.82, 2.24) is 5.32 Å². The van der Waals surface area contributed by atoms with Crippen molar-refractivity contribution in [2.45, 2.75) is 19.9 Å². The SMILES string of the molecule is COc1ccc(OC)c(C(C)NC(=O)Nc2ccc(N(C)C)cc2C)c1. The van der Waals surface area contributed by atoms with E-state index in [-0.39, 0.29) is 12.1 Å². The second-order valence-electron chi connectivity index (χ2n) is 6.32. The summed E-state index contributed by atoms with van der Waals surface area (Å²) in [6.07, 6.45) is 0. The average molecular weight is 357 g/mol. The Bertz CT molecular complexity index is 775. The van der Waals surface area contributed by atoms with E-state index >= 15 is 0 Å². The Hall–Kier alpha value is -2.89. The first-order valence-corrected chi connectivity index (χ1v) is 8.43. The number of ether oxygens (including phenoxy) is 2. The third kappa shape index (κ3) is 4.59. The predicted octanol–water partition coefficient (Wildman–Crippen LogP) is 3.96. The molecule has 0 radical (unpaired) electrons. The fourth-order valence-electron chi connectivity index (χ4n) is 2.68. The van der Waals surface area contributed by atoms with Gasteiger partial charge in [-0.3, -0.25) is 0 Å². The van der Waals surface area contributed by atoms with E-state index < -0.39 is 0 Å². The van der Waals surface area contributed by atoms with Crippen LogP contribution in [0.2, 0.25) is 0 Å². The van der Waals surface area contributed by atoms with Gasteiger partial charge in [-0.1, -0.05) is 0 Å². The minimum absolute atomic E-state index is 0.249. The molecule has 2 aromatic rings. The number of aryl methyl sites for hydroxylation is 1. The number of benzene rings is 2. The molecule has 6 heteroatoms. The minimum Gasteiger partial charge on any atom is -0.497 e. The van der Waals surface area contributed by atoms with Crippen LogP contribution in [0.4, 0.5) is 16.2 Å². The number of anilines is 2. The highest BCUT2D eigenvalue weighted by molar-refractivity contribution is 5.90. The molecule has 0 spiro atoms. The zero-order valence-corrected chi connectivity index (χ0v) is 16.2. The smallest absolute Gasteiger partial charge is 0.319 e. The van der Waals surface area contributed by atoms with Crippen LogP contribution in [0.3, 0.4) is 0 Å². The number of nitrogens with one attached hydrogen (secondary N) is 2. The van der Waals surface area contributed by atoms with E-state index in [0.29, 0.717) is 11.5 Å². The van der Waals surface area contributed by atoms with Gasteiger partial charge in [-0.15, -0.1) is 0 Å². The lowest BCUT2D eigenvalue weighted by Gasteiger charge is -2.19. The van der Waals surface area contributed by atoms with Gasteiger partial charge in [0.1, 0.15) is 11.5 Å². The van der Waals surface area contributed by atoms with Crippen molar-refractivity contribution in [3.63, 3.8) is 0 Å². The van der Waals surface area contributed by atoms with E-state index in [0.717, 1.165) is 22.5 Å². The van der Waals surface area contributed by atoms with Gasteiger partial charge < -0.3 is 25.0 Å². The van der Waals surface area contributed by atoms with Crippen molar-refractivity contribution in [3.8, 4) is 11.5 Å². The summed E-state index contributed by atoms with van der Waals surface area (Å²) >= 11 is 0. The number of urea groups is 1. The molecule has 0 aliphatic rings. The summed E-state index contributed by atoms with van der Waals surface area (Å²) in [5.41, 5.74) is 3.71. The third-order valence-electron chi connectivity index (χ3n) is 4.23. The molecule has 0 heterocycles. The molecule has 0 aliphatic heterocycles. The molecule has 26 heavy (non-hydrogen) atoms. The number of hydrogen-bond donors (Lipinski definition) is 2. The van der Waals surface area contributed by atoms with Crippen molar-refractivity contribution in [1.29, 1.82) is 0 Å². The van der Waals surface area contributed by atoms with E-state index in [2.05, 4.69) is 10.6 Å². The van der Waals surface area contributed by atoms with Gasteiger partial charge in [0.15, 0.2) is 0 Å². The van der Waals surface area contributed by atoms with Crippen molar-refractivity contribution in [2.75, 3.05) is 38.5 Å². The van der Waals surface area contributed by atoms with Gasteiger partial charge in [0.25, 0.3) is 0 Å². The summed E-state index contributed by atoms with van der Waals surface area (Å²) in [4.78, 5) is 14.4. The molecule has 0 fully saturated rings. The lowest BCUT2D eigenvalue weighted by molar-refractivity contribution is 0.249. The van der Waals surface area contributed by atoms with E-state index in [4.69, 9.17) is 9.47 Å². The maximum Gasteiger partial charge on any atom is 0.319 e. The first-order chi connectivity index (χ1) is 12.3. The second-order valence-corrected chi connectivity index (χ2v) is 6.32. The van der Waals surface area contributed by atoms with Gasteiger partial charge in [-0.2, -0.15) is 0 Å². The number of methoxy groups -OCH3 is 2. The highest BCUT2D eigenvalue weighted by atomic mass is 16.5. The summed E-state index contributed by atoms with van der Waals surface area (Å²) in [7, 11) is 7.18. The standard InChI is InChI=1S/C20H27N3O3/c1-13-11-15(23(3)4)7-9-18(13)22-20(24)21-14(2)17-12-16(25-5)8-10-19(17)26-6/h7-12,14H,1-6H3,(H2,21,22,24). The Labute approximate surface area is 155 Å². The van der Waals surface area contributed by atoms with Gasteiger partial charge in [-0.05, 0) is 55.8 Å². The van der Waals surface area contributed by atoms with Crippen LogP contribution < -0.4 is 25.0 Å². The Balaban J connectivity index is 2.10. The number of hydrogen-bond acceptors (Lipinski definition) is 4. The van der Waals surface area contributed by atoms with Crippen molar-refractivity contribution in [2.24, 2.45) is 0 Å². The quantitative estimate of drug-likeness (QED) is 0.821. The molecule has 2 aromatic carbocycles. The lowest BCUT2D eigenvalue weighted by atomic mass is 10.1. The summed E-state index contributed by atoms with van der Waals surface area (Å²) in [6, 6.07) is 10.9. The number of rotatable bonds is 6. The monoisotopic (exact) mass is 357 g/mol. The highest BCUT2D eigenvalue weighted by Gasteiger charge is 2.16. The van der Waals surface area contributed by atoms with Crippen molar-refractivity contribution in [3.05, 3.63) is 47.5 Å². The first kappa shape index (κ1) is 19.4. The number of amides is 2. The summed E-state index contributed by atoms with van der Waals surface area (Å²) in [5.74, 6) is 1.41. The first-order valence-electron chi connectivity index (χ1n) is 8.43. The Morgan fingerprint density at radius 1 is 1.08 bits per heavy atom. The van der Waals surface area contributed by atoms with E-state index in [1.807, 2.05) is 69.2 Å². The van der Waals surface area contributed by atoms with Gasteiger partial charge in [-0.25, -0.2) is 4.79 Å². The molecule has 1 unspecified atom stereocenters. The molecular weight excluding hydrogens is 330 g/mol. The van der Waals surface area contributed by atoms with E-state index in [1.54, 1.807) is 14.2 Å². The van der Waals surface area contributed by atoms with Crippen LogP contribution in [0.25, 0.3) is 0 Å². The molecule has 1 atom stereocenters. The zero-order chi connectivity index (χ0) is 19.3. The van der Waals surface area contributed by atoms with Gasteiger partial charge in [0.05, 0.1) is 20.3 Å². The molecule has 0 aliphatic carbocycles. The molecule has 6 nitrogen and oxygen atoms in total. The van der Waals surface area contributed by atoms with Crippen LogP contribution in [0, 0.1) is 6.92 Å². The summed E-state index contributed by atoms with van der Waals surface area (Å²) in [6.45, 7) is 3.87. The number of carbonyl (C=O) groups is 1. The Morgan fingerprint density at radius 2 is 1.81 bits per heavy atom. The van der Waals surface area contributed by atoms with Crippen molar-refractivity contribution < 1.29 is 14.3 Å². The van der Waals surface area contributed by atoms with E-state index in [9.17, 15) is 4.79 Å². The Morgan fingerprint density at radius 3 is 2.38 bits per heavy atom. The maximum atomic E-state index is 12.4. The van der Waals surface area contributed by atoms with Crippen LogP contribution in [-0.4, -0.2) is 34.3 Å². The van der Waals surface area contributed by atoms with Crippen LogP contribution in [-0.2, 0) is 0 Å². The molecule has 2 amide bonds. The maximum absolute atomic E-state index is 12.4. The van der Waals surface area contributed by atoms with Gasteiger partial charge in [0.2, 0.25) is 0 Å². The lowest BCUT2D eigenvalue weighted by Crippen LogP contribution is -2.31. The fourth-order valence-corrected chi connectivity index (χ4v) is 2.68. The molecule has 2 N–H and O–H groups in total. The molecule has 0 bridgehead atoms. The van der Waals surface area contributed by atoms with Gasteiger partial charge in [0, 0.05) is 31.0 Å². The fraction of sp³-hybridized carbons (Fsp3) is 0.350. The number of carbonyl (C=O) groups excluding carboxylic acids is 1. The molecule has 0 saturated carbocycles. The topological polar surface area (TPSA) is 62.8 Å². The van der Waals surface area contributed by atoms with Crippen LogP contribution in [0.15, 0.2) is 36.4 Å². The summed E-state index contributed by atoms with van der Waals surface area (Å²) in [5, 5.41) is 5.84. The number of nitrogens with zero attached hydrogens (tertiary/aromatic N) is 1. The van der Waals surface area contributed by atoms with Crippen LogP contribution in [0.5, 0.6) is 11.5 Å². The zero-order valence-electron chi connectivity index (χ0n) is 16.2. The molecule has 2 rings (SSSR count). The molecule has 140 valence electrons. The van der Waals surface area contributed by atoms with Crippen LogP contribution in [0.1, 0.15) is 24.1 Å². The molecule has 0 aromatic heterocycles. The van der Waals surface area contributed by atoms with Crippen molar-refractivity contribution >= 4 is 17.4 Å². The van der Waals surface area contributed by atoms with E-state index in [1.165, 1.54) is 0 Å². The largest absolute Gasteiger partial charge is 0.497 e. The molecular formula is C20H27N3O3. The predicted molar refractivity (Wildman–Crippen MR) is 106 cm³/mol. The third-order valence-corrected chi connectivity index (χ3v) is 4.23. The highest BCUT2D eigenvalue weighted by Crippen LogP contribution is 2.29. The average Bonchev–Trinajstić information content (AvgIpc) is 2.62. The van der Waals surface area contributed by atoms with Crippen LogP contribution >= 0.6 is 0 Å². The van der Waals surface area contributed by atoms with Gasteiger partial charge >= 0.3 is 6.03 Å². The second kappa shape index (κ2) is 8.47. The Kier molecular flexibility index (Phi) is 6.33. The molecule has 0 saturated heterocycles.